The Hall–Kier alpha value is -1.51. The summed E-state index contributed by atoms with van der Waals surface area (Å²) >= 11 is 0. The number of hydrogen-bond acceptors (Lipinski definition) is 3. The molecule has 0 aromatic heterocycles. The van der Waals surface area contributed by atoms with Gasteiger partial charge in [-0.05, 0) is 18.1 Å². The molecule has 3 heteroatoms. The first kappa shape index (κ1) is 9.06. The lowest BCUT2D eigenvalue weighted by Gasteiger charge is -2.05. The predicted molar refractivity (Wildman–Crippen MR) is 51.5 cm³/mol. The third kappa shape index (κ3) is 1.35. The molecule has 0 aliphatic carbocycles. The number of benzene rings is 1. The van der Waals surface area contributed by atoms with Crippen LogP contribution in [0.4, 0.5) is 0 Å². The van der Waals surface area contributed by atoms with Crippen LogP contribution in [0, 0.1) is 0 Å². The van der Waals surface area contributed by atoms with E-state index in [0.717, 1.165) is 17.7 Å². The van der Waals surface area contributed by atoms with E-state index in [1.807, 2.05) is 25.1 Å². The highest BCUT2D eigenvalue weighted by molar-refractivity contribution is 5.80. The SMILES string of the molecule is CCc1cccc2c1OC(C(C)=O)O2. The maximum atomic E-state index is 11.1. The van der Waals surface area contributed by atoms with Gasteiger partial charge in [-0.2, -0.15) is 0 Å². The first-order valence-electron chi connectivity index (χ1n) is 4.68. The number of carbonyl (C=O) groups is 1. The van der Waals surface area contributed by atoms with Gasteiger partial charge < -0.3 is 9.47 Å². The molecule has 1 aliphatic rings. The van der Waals surface area contributed by atoms with Gasteiger partial charge in [-0.25, -0.2) is 0 Å². The summed E-state index contributed by atoms with van der Waals surface area (Å²) in [6, 6.07) is 5.70. The Kier molecular flexibility index (Phi) is 2.15. The maximum absolute atomic E-state index is 11.1. The van der Waals surface area contributed by atoms with Crippen molar-refractivity contribution in [3.8, 4) is 11.5 Å². The molecule has 0 saturated heterocycles. The van der Waals surface area contributed by atoms with Crippen LogP contribution in [0.1, 0.15) is 19.4 Å². The van der Waals surface area contributed by atoms with Crippen molar-refractivity contribution in [1.29, 1.82) is 0 Å². The van der Waals surface area contributed by atoms with Gasteiger partial charge in [-0.3, -0.25) is 4.79 Å². The third-order valence-electron chi connectivity index (χ3n) is 2.23. The van der Waals surface area contributed by atoms with Gasteiger partial charge in [0.1, 0.15) is 0 Å². The minimum absolute atomic E-state index is 0.108. The normalized spacial score (nSPS) is 18.3. The molecule has 74 valence electrons. The van der Waals surface area contributed by atoms with Crippen molar-refractivity contribution in [2.45, 2.75) is 26.6 Å². The fraction of sp³-hybridized carbons (Fsp3) is 0.364. The number of hydrogen-bond donors (Lipinski definition) is 0. The van der Waals surface area contributed by atoms with Crippen molar-refractivity contribution in [2.24, 2.45) is 0 Å². The molecule has 0 fully saturated rings. The number of fused-ring (bicyclic) bond motifs is 1. The number of aryl methyl sites for hydroxylation is 1. The van der Waals surface area contributed by atoms with Gasteiger partial charge >= 0.3 is 6.29 Å². The molecule has 2 rings (SSSR count). The van der Waals surface area contributed by atoms with Gasteiger partial charge in [0, 0.05) is 6.92 Å². The molecular weight excluding hydrogens is 180 g/mol. The van der Waals surface area contributed by atoms with Crippen LogP contribution < -0.4 is 9.47 Å². The Bertz CT molecular complexity index is 371. The van der Waals surface area contributed by atoms with Gasteiger partial charge in [-0.15, -0.1) is 0 Å². The molecule has 0 saturated carbocycles. The smallest absolute Gasteiger partial charge is 0.300 e. The van der Waals surface area contributed by atoms with Gasteiger partial charge in [-0.1, -0.05) is 19.1 Å². The number of carbonyl (C=O) groups excluding carboxylic acids is 1. The molecule has 0 amide bonds. The fourth-order valence-corrected chi connectivity index (χ4v) is 1.48. The Morgan fingerprint density at radius 2 is 2.21 bits per heavy atom. The molecule has 1 heterocycles. The van der Waals surface area contributed by atoms with E-state index in [1.54, 1.807) is 0 Å². The number of rotatable bonds is 2. The van der Waals surface area contributed by atoms with Crippen LogP contribution in [0.2, 0.25) is 0 Å². The molecule has 1 aromatic carbocycles. The molecule has 0 bridgehead atoms. The monoisotopic (exact) mass is 192 g/mol. The van der Waals surface area contributed by atoms with E-state index in [1.165, 1.54) is 6.92 Å². The Labute approximate surface area is 82.6 Å². The predicted octanol–water partition coefficient (Wildman–Crippen LogP) is 1.94. The van der Waals surface area contributed by atoms with Gasteiger partial charge in [0.2, 0.25) is 5.78 Å². The zero-order valence-corrected chi connectivity index (χ0v) is 8.24. The number of Topliss-reactive ketones (excluding diaryl/α,β-unsaturated/α-hetero) is 1. The second kappa shape index (κ2) is 3.33. The van der Waals surface area contributed by atoms with Crippen LogP contribution in [-0.4, -0.2) is 12.1 Å². The van der Waals surface area contributed by atoms with Crippen molar-refractivity contribution in [2.75, 3.05) is 0 Å². The summed E-state index contributed by atoms with van der Waals surface area (Å²) < 4.78 is 10.8. The van der Waals surface area contributed by atoms with E-state index >= 15 is 0 Å². The largest absolute Gasteiger partial charge is 0.444 e. The molecule has 1 unspecified atom stereocenters. The highest BCUT2D eigenvalue weighted by Gasteiger charge is 2.29. The first-order valence-corrected chi connectivity index (χ1v) is 4.68. The van der Waals surface area contributed by atoms with Crippen LogP contribution in [0.5, 0.6) is 11.5 Å². The van der Waals surface area contributed by atoms with E-state index < -0.39 is 6.29 Å². The van der Waals surface area contributed by atoms with E-state index in [2.05, 4.69) is 0 Å². The minimum atomic E-state index is -0.752. The summed E-state index contributed by atoms with van der Waals surface area (Å²) in [7, 11) is 0. The van der Waals surface area contributed by atoms with Crippen LogP contribution in [0.15, 0.2) is 18.2 Å². The topological polar surface area (TPSA) is 35.5 Å². The lowest BCUT2D eigenvalue weighted by molar-refractivity contribution is -0.132. The van der Waals surface area contributed by atoms with Gasteiger partial charge in [0.05, 0.1) is 0 Å². The molecule has 3 nitrogen and oxygen atoms in total. The zero-order valence-electron chi connectivity index (χ0n) is 8.24. The molecule has 0 radical (unpaired) electrons. The molecule has 1 aliphatic heterocycles. The summed E-state index contributed by atoms with van der Waals surface area (Å²) in [5.74, 6) is 1.28. The number of ether oxygens (including phenoxy) is 2. The molecule has 1 atom stereocenters. The summed E-state index contributed by atoms with van der Waals surface area (Å²) in [4.78, 5) is 11.1. The van der Waals surface area contributed by atoms with Gasteiger partial charge in [0.25, 0.3) is 0 Å². The van der Waals surface area contributed by atoms with E-state index in [9.17, 15) is 4.79 Å². The quantitative estimate of drug-likeness (QED) is 0.718. The van der Waals surface area contributed by atoms with E-state index in [0.29, 0.717) is 5.75 Å². The van der Waals surface area contributed by atoms with E-state index in [-0.39, 0.29) is 5.78 Å². The summed E-state index contributed by atoms with van der Waals surface area (Å²) in [6.07, 6.45) is 0.120. The summed E-state index contributed by atoms with van der Waals surface area (Å²) in [5.41, 5.74) is 1.08. The second-order valence-corrected chi connectivity index (χ2v) is 3.28. The molecule has 14 heavy (non-hydrogen) atoms. The maximum Gasteiger partial charge on any atom is 0.300 e. The highest BCUT2D eigenvalue weighted by atomic mass is 16.7. The summed E-state index contributed by atoms with van der Waals surface area (Å²) in [6.45, 7) is 3.50. The average molecular weight is 192 g/mol. The van der Waals surface area contributed by atoms with Crippen molar-refractivity contribution >= 4 is 5.78 Å². The summed E-state index contributed by atoms with van der Waals surface area (Å²) in [5, 5.41) is 0. The van der Waals surface area contributed by atoms with Crippen molar-refractivity contribution in [1.82, 2.24) is 0 Å². The lowest BCUT2D eigenvalue weighted by atomic mass is 10.1. The minimum Gasteiger partial charge on any atom is -0.444 e. The zero-order chi connectivity index (χ0) is 10.1. The highest BCUT2D eigenvalue weighted by Crippen LogP contribution is 2.38. The third-order valence-corrected chi connectivity index (χ3v) is 2.23. The van der Waals surface area contributed by atoms with E-state index in [4.69, 9.17) is 9.47 Å². The Morgan fingerprint density at radius 1 is 1.43 bits per heavy atom. The number of ketones is 1. The lowest BCUT2D eigenvalue weighted by Crippen LogP contribution is -2.26. The Balaban J connectivity index is 2.34. The average Bonchev–Trinajstić information content (AvgIpc) is 2.60. The molecule has 0 N–H and O–H groups in total. The van der Waals surface area contributed by atoms with Gasteiger partial charge in [0.15, 0.2) is 11.5 Å². The molecular formula is C11H12O3. The van der Waals surface area contributed by atoms with Crippen molar-refractivity contribution in [3.63, 3.8) is 0 Å². The fourth-order valence-electron chi connectivity index (χ4n) is 1.48. The molecule has 0 spiro atoms. The first-order chi connectivity index (χ1) is 6.72. The van der Waals surface area contributed by atoms with Crippen LogP contribution in [0.3, 0.4) is 0 Å². The Morgan fingerprint density at radius 3 is 2.86 bits per heavy atom. The van der Waals surface area contributed by atoms with Crippen LogP contribution >= 0.6 is 0 Å². The van der Waals surface area contributed by atoms with Crippen LogP contribution in [-0.2, 0) is 11.2 Å². The van der Waals surface area contributed by atoms with Crippen molar-refractivity contribution in [3.05, 3.63) is 23.8 Å². The van der Waals surface area contributed by atoms with Crippen LogP contribution in [0.25, 0.3) is 0 Å². The standard InChI is InChI=1S/C11H12O3/c1-3-8-5-4-6-9-10(8)14-11(13-9)7(2)12/h4-6,11H,3H2,1-2H3. The van der Waals surface area contributed by atoms with Crippen molar-refractivity contribution < 1.29 is 14.3 Å². The second-order valence-electron chi connectivity index (χ2n) is 3.28. The molecule has 1 aromatic rings. The number of para-hydroxylation sites is 1.